The van der Waals surface area contributed by atoms with E-state index >= 15 is 0 Å². The summed E-state index contributed by atoms with van der Waals surface area (Å²) in [6.45, 7) is 4.39. The smallest absolute Gasteiger partial charge is 0.0975 e. The summed E-state index contributed by atoms with van der Waals surface area (Å²) in [5, 5.41) is 13.6. The monoisotopic (exact) mass is 495 g/mol. The third kappa shape index (κ3) is 2.49. The number of likely N-dealkylation sites (tertiary alicyclic amines) is 1. The van der Waals surface area contributed by atoms with Gasteiger partial charge < -0.3 is 15.6 Å². The van der Waals surface area contributed by atoms with Crippen LogP contribution >= 0.6 is 0 Å². The molecule has 8 atom stereocenters. The first-order valence-electron chi connectivity index (χ1n) is 14.5. The average molecular weight is 496 g/mol. The van der Waals surface area contributed by atoms with Gasteiger partial charge in [0.2, 0.25) is 0 Å². The Morgan fingerprint density at radius 3 is 2.89 bits per heavy atom. The van der Waals surface area contributed by atoms with E-state index in [0.717, 1.165) is 51.1 Å². The van der Waals surface area contributed by atoms with Gasteiger partial charge >= 0.3 is 0 Å². The summed E-state index contributed by atoms with van der Waals surface area (Å²) in [5.41, 5.74) is 10.5. The molecule has 5 heteroatoms. The number of hydrogen-bond acceptors (Lipinski definition) is 5. The molecule has 4 heterocycles. The number of nitrogens with two attached hydrogens (primary N) is 1. The molecule has 2 spiro atoms. The van der Waals surface area contributed by atoms with Crippen molar-refractivity contribution in [1.29, 1.82) is 0 Å². The summed E-state index contributed by atoms with van der Waals surface area (Å²) in [6, 6.07) is 9.70. The number of rotatable bonds is 2. The summed E-state index contributed by atoms with van der Waals surface area (Å²) in [7, 11) is 0. The van der Waals surface area contributed by atoms with Crippen molar-refractivity contribution < 1.29 is 9.84 Å². The van der Waals surface area contributed by atoms with Gasteiger partial charge in [-0.25, -0.2) is 0 Å². The number of aromatic nitrogens is 1. The number of aliphatic hydroxyl groups excluding tert-OH is 1. The van der Waals surface area contributed by atoms with Crippen LogP contribution in [-0.4, -0.2) is 57.5 Å². The summed E-state index contributed by atoms with van der Waals surface area (Å²) in [6.07, 6.45) is 16.2. The van der Waals surface area contributed by atoms with Gasteiger partial charge in [0.1, 0.15) is 0 Å². The highest BCUT2D eigenvalue weighted by Crippen LogP contribution is 2.80. The first-order valence-corrected chi connectivity index (χ1v) is 14.5. The Labute approximate surface area is 218 Å². The van der Waals surface area contributed by atoms with Crippen LogP contribution in [-0.2, 0) is 10.2 Å². The van der Waals surface area contributed by atoms with Crippen LogP contribution in [0.5, 0.6) is 0 Å². The van der Waals surface area contributed by atoms with Gasteiger partial charge in [-0.1, -0.05) is 31.2 Å². The van der Waals surface area contributed by atoms with Crippen molar-refractivity contribution in [3.63, 3.8) is 0 Å². The van der Waals surface area contributed by atoms with Crippen LogP contribution in [0.2, 0.25) is 0 Å². The maximum absolute atomic E-state index is 11.1. The van der Waals surface area contributed by atoms with Crippen molar-refractivity contribution in [3.05, 3.63) is 65.5 Å². The fraction of sp³-hybridized carbons (Fsp3) is 0.594. The molecule has 1 aromatic heterocycles. The van der Waals surface area contributed by atoms with Crippen molar-refractivity contribution in [3.8, 4) is 0 Å². The van der Waals surface area contributed by atoms with Crippen LogP contribution in [0, 0.1) is 17.3 Å². The number of allylic oxidation sites excluding steroid dienone is 1. The molecule has 192 valence electrons. The van der Waals surface area contributed by atoms with Crippen molar-refractivity contribution in [2.24, 2.45) is 23.0 Å². The molecular weight excluding hydrogens is 458 g/mol. The highest BCUT2D eigenvalue weighted by atomic mass is 16.5. The molecule has 2 saturated heterocycles. The highest BCUT2D eigenvalue weighted by Gasteiger charge is 2.78. The number of benzene rings is 1. The number of fused-ring (bicyclic) bond motifs is 4. The van der Waals surface area contributed by atoms with Gasteiger partial charge in [-0.2, -0.15) is 0 Å². The average Bonchev–Trinajstić information content (AvgIpc) is 3.46. The van der Waals surface area contributed by atoms with Crippen molar-refractivity contribution in [1.82, 2.24) is 9.88 Å². The number of pyridine rings is 1. The number of hydrogen-bond donors (Lipinski definition) is 2. The molecule has 4 aliphatic carbocycles. The normalized spacial score (nSPS) is 47.9. The second-order valence-electron chi connectivity index (χ2n) is 13.8. The first-order chi connectivity index (χ1) is 17.9. The molecule has 37 heavy (non-hydrogen) atoms. The third-order valence-electron chi connectivity index (χ3n) is 12.4. The lowest BCUT2D eigenvalue weighted by Crippen LogP contribution is -2.65. The van der Waals surface area contributed by atoms with E-state index in [4.69, 9.17) is 10.5 Å². The van der Waals surface area contributed by atoms with Gasteiger partial charge in [-0.3, -0.25) is 9.88 Å². The first kappa shape index (κ1) is 21.8. The predicted octanol–water partition coefficient (Wildman–Crippen LogP) is 4.24. The van der Waals surface area contributed by atoms with Crippen LogP contribution in [0.4, 0.5) is 0 Å². The minimum absolute atomic E-state index is 0.159. The van der Waals surface area contributed by atoms with E-state index in [0.29, 0.717) is 5.92 Å². The quantitative estimate of drug-likeness (QED) is 0.652. The van der Waals surface area contributed by atoms with E-state index in [2.05, 4.69) is 53.2 Å². The van der Waals surface area contributed by atoms with Crippen LogP contribution < -0.4 is 5.73 Å². The van der Waals surface area contributed by atoms with Gasteiger partial charge in [-0.05, 0) is 96.4 Å². The zero-order valence-electron chi connectivity index (χ0n) is 21.7. The molecule has 9 rings (SSSR count). The van der Waals surface area contributed by atoms with Gasteiger partial charge in [0.15, 0.2) is 0 Å². The Balaban J connectivity index is 1.11. The molecular formula is C32H37N3O2. The van der Waals surface area contributed by atoms with Gasteiger partial charge in [0, 0.05) is 48.4 Å². The molecule has 5 nitrogen and oxygen atoms in total. The third-order valence-corrected chi connectivity index (χ3v) is 12.4. The van der Waals surface area contributed by atoms with E-state index in [-0.39, 0.29) is 40.2 Å². The summed E-state index contributed by atoms with van der Waals surface area (Å²) in [5.74, 6) is 1.29. The lowest BCUT2D eigenvalue weighted by Gasteiger charge is -2.57. The van der Waals surface area contributed by atoms with E-state index in [1.54, 1.807) is 0 Å². The summed E-state index contributed by atoms with van der Waals surface area (Å²) < 4.78 is 7.49. The lowest BCUT2D eigenvalue weighted by molar-refractivity contribution is -0.158. The van der Waals surface area contributed by atoms with Crippen molar-refractivity contribution in [2.45, 2.75) is 86.7 Å². The Morgan fingerprint density at radius 1 is 1.14 bits per heavy atom. The second-order valence-corrected chi connectivity index (χ2v) is 13.8. The largest absolute Gasteiger partial charge is 0.391 e. The molecule has 0 radical (unpaired) electrons. The van der Waals surface area contributed by atoms with E-state index in [1.807, 2.05) is 12.4 Å². The van der Waals surface area contributed by atoms with Gasteiger partial charge in [-0.15, -0.1) is 0 Å². The Morgan fingerprint density at radius 2 is 2.03 bits per heavy atom. The molecule has 3 aliphatic heterocycles. The fourth-order valence-electron chi connectivity index (χ4n) is 10.5. The van der Waals surface area contributed by atoms with Crippen LogP contribution in [0.15, 0.2) is 60.0 Å². The predicted molar refractivity (Wildman–Crippen MR) is 143 cm³/mol. The van der Waals surface area contributed by atoms with E-state index in [9.17, 15) is 5.11 Å². The Kier molecular flexibility index (Phi) is 3.98. The van der Waals surface area contributed by atoms with E-state index < -0.39 is 0 Å². The maximum Gasteiger partial charge on any atom is 0.0975 e. The minimum atomic E-state index is -0.319. The SMILES string of the molecule is C[C@]12CC=C3C=C4C[C@H](O)[C@@H](N5CC(N)C5)C[C@]45CCC3(O5)[C@@H]1C[C@H]1C[C@]12c1ccc2ccncc2c1. The van der Waals surface area contributed by atoms with Gasteiger partial charge in [0.05, 0.1) is 17.3 Å². The minimum Gasteiger partial charge on any atom is -0.391 e. The number of ether oxygens (including phenoxy) is 1. The van der Waals surface area contributed by atoms with Crippen LogP contribution in [0.25, 0.3) is 10.8 Å². The molecule has 2 bridgehead atoms. The van der Waals surface area contributed by atoms with Crippen LogP contribution in [0.1, 0.15) is 57.4 Å². The molecule has 5 fully saturated rings. The maximum atomic E-state index is 11.1. The lowest BCUT2D eigenvalue weighted by atomic mass is 9.55. The second kappa shape index (κ2) is 6.74. The topological polar surface area (TPSA) is 71.6 Å². The zero-order valence-corrected chi connectivity index (χ0v) is 21.7. The Bertz CT molecular complexity index is 1410. The molecule has 0 amide bonds. The molecule has 3 N–H and O–H groups in total. The number of nitrogens with zero attached hydrogens (tertiary/aromatic N) is 2. The van der Waals surface area contributed by atoms with E-state index in [1.165, 1.54) is 40.3 Å². The molecule has 2 aromatic rings. The van der Waals surface area contributed by atoms with Crippen molar-refractivity contribution in [2.75, 3.05) is 13.1 Å². The molecule has 3 saturated carbocycles. The highest BCUT2D eigenvalue weighted by molar-refractivity contribution is 5.82. The molecule has 1 aromatic carbocycles. The fourth-order valence-corrected chi connectivity index (χ4v) is 10.5. The van der Waals surface area contributed by atoms with Gasteiger partial charge in [0.25, 0.3) is 0 Å². The summed E-state index contributed by atoms with van der Waals surface area (Å²) in [4.78, 5) is 6.81. The standard InChI is InChI=1S/C32H37N3O2/c1-29-6-4-22-11-23-12-27(36)26(35-17-25(33)18-35)15-30(23)7-8-32(22,37-30)28(29)13-24-14-31(24,29)21-3-2-19-5-9-34-16-20(19)10-21/h2-5,9-11,16,24-28,36H,6-8,12-15,17-18,33H2,1H3/t24-,26-,27-,28+,29-,30+,31-,32?/m0/s1. The number of aliphatic hydroxyl groups is 1. The molecule has 1 unspecified atom stereocenters. The van der Waals surface area contributed by atoms with Crippen LogP contribution in [0.3, 0.4) is 0 Å². The molecule has 7 aliphatic rings. The Hall–Kier alpha value is -2.05. The summed E-state index contributed by atoms with van der Waals surface area (Å²) >= 11 is 0. The van der Waals surface area contributed by atoms with Crippen molar-refractivity contribution >= 4 is 10.8 Å². The zero-order chi connectivity index (χ0) is 24.8.